The van der Waals surface area contributed by atoms with E-state index in [4.69, 9.17) is 0 Å². The van der Waals surface area contributed by atoms with Gasteiger partial charge in [-0.15, -0.1) is 11.3 Å². The third-order valence-electron chi connectivity index (χ3n) is 4.36. The molecule has 21 heavy (non-hydrogen) atoms. The standard InChI is InChI=1S/C16H23N3OS/c20-16(10-14-4-1-2-5-14)19-7-3-6-18(8-9-19)11-15-12-21-13-17-15/h1,4,12-14H,2-3,5-11H2/t14-/m1/s1. The van der Waals surface area contributed by atoms with E-state index in [1.807, 2.05) is 5.51 Å². The molecule has 1 fully saturated rings. The van der Waals surface area contributed by atoms with Crippen molar-refractivity contribution in [2.24, 2.45) is 5.92 Å². The topological polar surface area (TPSA) is 36.4 Å². The fraction of sp³-hybridized carbons (Fsp3) is 0.625. The van der Waals surface area contributed by atoms with Crippen molar-refractivity contribution in [3.63, 3.8) is 0 Å². The Morgan fingerprint density at radius 2 is 2.29 bits per heavy atom. The number of amides is 1. The van der Waals surface area contributed by atoms with Crippen molar-refractivity contribution in [3.05, 3.63) is 28.7 Å². The lowest BCUT2D eigenvalue weighted by molar-refractivity contribution is -0.131. The molecule has 5 heteroatoms. The molecule has 1 aliphatic heterocycles. The van der Waals surface area contributed by atoms with Gasteiger partial charge in [0.2, 0.25) is 5.91 Å². The van der Waals surface area contributed by atoms with Crippen LogP contribution in [0.3, 0.4) is 0 Å². The maximum absolute atomic E-state index is 12.4. The molecular formula is C16H23N3OS. The van der Waals surface area contributed by atoms with Gasteiger partial charge >= 0.3 is 0 Å². The van der Waals surface area contributed by atoms with Gasteiger partial charge in [0.15, 0.2) is 0 Å². The maximum atomic E-state index is 12.4. The molecule has 1 atom stereocenters. The highest BCUT2D eigenvalue weighted by Crippen LogP contribution is 2.21. The zero-order valence-electron chi connectivity index (χ0n) is 12.4. The largest absolute Gasteiger partial charge is 0.341 e. The Hall–Kier alpha value is -1.20. The van der Waals surface area contributed by atoms with Crippen LogP contribution in [-0.2, 0) is 11.3 Å². The second-order valence-electron chi connectivity index (χ2n) is 5.96. The summed E-state index contributed by atoms with van der Waals surface area (Å²) in [5.41, 5.74) is 3.04. The first-order valence-electron chi connectivity index (χ1n) is 7.85. The molecule has 4 nitrogen and oxygen atoms in total. The second-order valence-corrected chi connectivity index (χ2v) is 6.68. The van der Waals surface area contributed by atoms with Gasteiger partial charge in [-0.1, -0.05) is 12.2 Å². The van der Waals surface area contributed by atoms with Crippen LogP contribution in [0.2, 0.25) is 0 Å². The van der Waals surface area contributed by atoms with Crippen LogP contribution in [0.15, 0.2) is 23.0 Å². The predicted molar refractivity (Wildman–Crippen MR) is 85.1 cm³/mol. The molecule has 1 aromatic heterocycles. The van der Waals surface area contributed by atoms with Crippen LogP contribution in [0.25, 0.3) is 0 Å². The van der Waals surface area contributed by atoms with E-state index in [-0.39, 0.29) is 0 Å². The highest BCUT2D eigenvalue weighted by Gasteiger charge is 2.22. The van der Waals surface area contributed by atoms with Gasteiger partial charge in [0.25, 0.3) is 0 Å². The zero-order valence-corrected chi connectivity index (χ0v) is 13.2. The van der Waals surface area contributed by atoms with E-state index < -0.39 is 0 Å². The molecule has 0 aromatic carbocycles. The summed E-state index contributed by atoms with van der Waals surface area (Å²) in [5.74, 6) is 0.814. The van der Waals surface area contributed by atoms with Crippen molar-refractivity contribution >= 4 is 17.2 Å². The van der Waals surface area contributed by atoms with E-state index in [0.717, 1.165) is 57.7 Å². The Morgan fingerprint density at radius 1 is 1.33 bits per heavy atom. The molecule has 0 bridgehead atoms. The van der Waals surface area contributed by atoms with Crippen molar-refractivity contribution < 1.29 is 4.79 Å². The highest BCUT2D eigenvalue weighted by molar-refractivity contribution is 7.07. The fourth-order valence-corrected chi connectivity index (χ4v) is 3.69. The van der Waals surface area contributed by atoms with E-state index in [2.05, 4.69) is 32.3 Å². The first-order valence-corrected chi connectivity index (χ1v) is 8.79. The molecule has 0 unspecified atom stereocenters. The molecule has 0 spiro atoms. The number of carbonyl (C=O) groups is 1. The first kappa shape index (κ1) is 14.7. The fourth-order valence-electron chi connectivity index (χ4n) is 3.14. The van der Waals surface area contributed by atoms with Crippen molar-refractivity contribution in [2.45, 2.75) is 32.2 Å². The molecule has 3 rings (SSSR count). The van der Waals surface area contributed by atoms with E-state index in [1.165, 1.54) is 0 Å². The SMILES string of the molecule is O=C(C[C@@H]1C=CCC1)N1CCCN(Cc2cscn2)CC1. The van der Waals surface area contributed by atoms with Crippen LogP contribution >= 0.6 is 11.3 Å². The number of nitrogens with zero attached hydrogens (tertiary/aromatic N) is 3. The predicted octanol–water partition coefficient (Wildman–Crippen LogP) is 2.53. The summed E-state index contributed by atoms with van der Waals surface area (Å²) in [6.45, 7) is 4.70. The van der Waals surface area contributed by atoms with Gasteiger partial charge < -0.3 is 4.90 Å². The van der Waals surface area contributed by atoms with Crippen LogP contribution in [0.5, 0.6) is 0 Å². The lowest BCUT2D eigenvalue weighted by atomic mass is 10.0. The molecular weight excluding hydrogens is 282 g/mol. The Balaban J connectivity index is 1.48. The summed E-state index contributed by atoms with van der Waals surface area (Å²) in [5, 5.41) is 2.11. The summed E-state index contributed by atoms with van der Waals surface area (Å²) in [6, 6.07) is 0. The summed E-state index contributed by atoms with van der Waals surface area (Å²) < 4.78 is 0. The van der Waals surface area contributed by atoms with Crippen molar-refractivity contribution in [3.8, 4) is 0 Å². The van der Waals surface area contributed by atoms with Crippen molar-refractivity contribution in [1.29, 1.82) is 0 Å². The number of thiazole rings is 1. The van der Waals surface area contributed by atoms with Crippen LogP contribution in [0.4, 0.5) is 0 Å². The molecule has 2 heterocycles. The molecule has 1 saturated heterocycles. The van der Waals surface area contributed by atoms with Gasteiger partial charge in [-0.25, -0.2) is 4.98 Å². The molecule has 114 valence electrons. The maximum Gasteiger partial charge on any atom is 0.223 e. The number of aromatic nitrogens is 1. The Labute approximate surface area is 130 Å². The Kier molecular flexibility index (Phi) is 5.04. The lowest BCUT2D eigenvalue weighted by Crippen LogP contribution is -2.35. The number of hydrogen-bond donors (Lipinski definition) is 0. The van der Waals surface area contributed by atoms with Crippen LogP contribution in [-0.4, -0.2) is 46.9 Å². The van der Waals surface area contributed by atoms with Gasteiger partial charge in [0, 0.05) is 44.5 Å². The Bertz CT molecular complexity index is 486. The zero-order chi connectivity index (χ0) is 14.5. The number of allylic oxidation sites excluding steroid dienone is 2. The quantitative estimate of drug-likeness (QED) is 0.802. The number of hydrogen-bond acceptors (Lipinski definition) is 4. The molecule has 0 radical (unpaired) electrons. The molecule has 1 aliphatic carbocycles. The molecule has 2 aliphatic rings. The lowest BCUT2D eigenvalue weighted by Gasteiger charge is -2.22. The number of rotatable bonds is 4. The van der Waals surface area contributed by atoms with Gasteiger partial charge in [-0.05, 0) is 25.2 Å². The minimum absolute atomic E-state index is 0.335. The average Bonchev–Trinajstić information content (AvgIpc) is 3.11. The second kappa shape index (κ2) is 7.18. The summed E-state index contributed by atoms with van der Waals surface area (Å²) in [6.07, 6.45) is 8.47. The van der Waals surface area contributed by atoms with E-state index in [1.54, 1.807) is 11.3 Å². The van der Waals surface area contributed by atoms with Crippen LogP contribution in [0.1, 0.15) is 31.4 Å². The molecule has 1 amide bonds. The molecule has 0 N–H and O–H groups in total. The van der Waals surface area contributed by atoms with Gasteiger partial charge in [0.1, 0.15) is 0 Å². The molecule has 1 aromatic rings. The van der Waals surface area contributed by atoms with Gasteiger partial charge in [-0.3, -0.25) is 9.69 Å². The van der Waals surface area contributed by atoms with E-state index in [0.29, 0.717) is 18.2 Å². The summed E-state index contributed by atoms with van der Waals surface area (Å²) in [4.78, 5) is 21.2. The molecule has 0 saturated carbocycles. The third-order valence-corrected chi connectivity index (χ3v) is 4.99. The summed E-state index contributed by atoms with van der Waals surface area (Å²) in [7, 11) is 0. The van der Waals surface area contributed by atoms with E-state index >= 15 is 0 Å². The van der Waals surface area contributed by atoms with Crippen molar-refractivity contribution in [2.75, 3.05) is 26.2 Å². The van der Waals surface area contributed by atoms with Gasteiger partial charge in [-0.2, -0.15) is 0 Å². The normalized spacial score (nSPS) is 23.4. The minimum Gasteiger partial charge on any atom is -0.341 e. The van der Waals surface area contributed by atoms with Crippen LogP contribution < -0.4 is 0 Å². The average molecular weight is 305 g/mol. The summed E-state index contributed by atoms with van der Waals surface area (Å²) >= 11 is 1.65. The highest BCUT2D eigenvalue weighted by atomic mass is 32.1. The van der Waals surface area contributed by atoms with E-state index in [9.17, 15) is 4.79 Å². The minimum atomic E-state index is 0.335. The Morgan fingerprint density at radius 3 is 3.05 bits per heavy atom. The van der Waals surface area contributed by atoms with Crippen LogP contribution in [0, 0.1) is 5.92 Å². The first-order chi connectivity index (χ1) is 10.3. The van der Waals surface area contributed by atoms with Gasteiger partial charge in [0.05, 0.1) is 11.2 Å². The third kappa shape index (κ3) is 4.14. The van der Waals surface area contributed by atoms with Crippen molar-refractivity contribution in [1.82, 2.24) is 14.8 Å². The number of carbonyl (C=O) groups excluding carboxylic acids is 1. The smallest absolute Gasteiger partial charge is 0.223 e. The monoisotopic (exact) mass is 305 g/mol.